The summed E-state index contributed by atoms with van der Waals surface area (Å²) in [5.41, 5.74) is 0. The zero-order chi connectivity index (χ0) is 8.32. The summed E-state index contributed by atoms with van der Waals surface area (Å²) >= 11 is 0. The van der Waals surface area contributed by atoms with Crippen LogP contribution in [0.5, 0.6) is 0 Å². The molecule has 0 aliphatic carbocycles. The first-order valence-electron chi connectivity index (χ1n) is 2.77. The molecule has 0 N–H and O–H groups in total. The standard InChI is InChI=1S/C5H5N3O2S/c6-2-5-8-4-1-3-7-11(8,9)10/h1,3-4H,5H2. The fourth-order valence-electron chi connectivity index (χ4n) is 0.588. The van der Waals surface area contributed by atoms with Crippen molar-refractivity contribution in [3.63, 3.8) is 0 Å². The van der Waals surface area contributed by atoms with Gasteiger partial charge < -0.3 is 0 Å². The summed E-state index contributed by atoms with van der Waals surface area (Å²) in [6, 6.07) is 1.71. The van der Waals surface area contributed by atoms with E-state index in [1.54, 1.807) is 6.07 Å². The summed E-state index contributed by atoms with van der Waals surface area (Å²) in [6.07, 6.45) is 3.92. The van der Waals surface area contributed by atoms with E-state index >= 15 is 0 Å². The van der Waals surface area contributed by atoms with Gasteiger partial charge in [-0.2, -0.15) is 18.1 Å². The second-order valence-corrected chi connectivity index (χ2v) is 3.35. The van der Waals surface area contributed by atoms with Crippen LogP contribution in [-0.4, -0.2) is 25.5 Å². The molecule has 58 valence electrons. The Morgan fingerprint density at radius 3 is 2.91 bits per heavy atom. The minimum Gasteiger partial charge on any atom is -0.245 e. The Hall–Kier alpha value is -1.35. The van der Waals surface area contributed by atoms with Gasteiger partial charge in [0.25, 0.3) is 0 Å². The predicted molar refractivity (Wildman–Crippen MR) is 38.9 cm³/mol. The number of nitrogens with zero attached hydrogens (tertiary/aromatic N) is 3. The van der Waals surface area contributed by atoms with Crippen LogP contribution in [0.1, 0.15) is 0 Å². The van der Waals surface area contributed by atoms with Gasteiger partial charge in [-0.05, 0) is 6.08 Å². The average molecular weight is 171 g/mol. The molecule has 5 nitrogen and oxygen atoms in total. The quantitative estimate of drug-likeness (QED) is 0.506. The van der Waals surface area contributed by atoms with Crippen molar-refractivity contribution < 1.29 is 8.42 Å². The van der Waals surface area contributed by atoms with E-state index in [2.05, 4.69) is 4.40 Å². The first kappa shape index (κ1) is 7.75. The third-order valence-corrected chi connectivity index (χ3v) is 2.29. The molecule has 6 heteroatoms. The molecule has 0 spiro atoms. The zero-order valence-corrected chi connectivity index (χ0v) is 6.32. The van der Waals surface area contributed by atoms with E-state index in [1.807, 2.05) is 0 Å². The molecule has 0 saturated carbocycles. The van der Waals surface area contributed by atoms with E-state index in [0.717, 1.165) is 4.31 Å². The molecule has 0 aromatic rings. The molecule has 0 fully saturated rings. The van der Waals surface area contributed by atoms with Gasteiger partial charge >= 0.3 is 10.2 Å². The van der Waals surface area contributed by atoms with Gasteiger partial charge in [0.05, 0.1) is 6.07 Å². The van der Waals surface area contributed by atoms with Gasteiger partial charge in [0.15, 0.2) is 0 Å². The van der Waals surface area contributed by atoms with Crippen molar-refractivity contribution in [2.24, 2.45) is 4.40 Å². The van der Waals surface area contributed by atoms with Crippen molar-refractivity contribution in [2.45, 2.75) is 0 Å². The zero-order valence-electron chi connectivity index (χ0n) is 5.51. The number of rotatable bonds is 1. The molecule has 0 radical (unpaired) electrons. The topological polar surface area (TPSA) is 73.5 Å². The van der Waals surface area contributed by atoms with Crippen molar-refractivity contribution in [3.05, 3.63) is 12.3 Å². The van der Waals surface area contributed by atoms with Crippen molar-refractivity contribution in [3.8, 4) is 6.07 Å². The Kier molecular flexibility index (Phi) is 1.92. The van der Waals surface area contributed by atoms with Gasteiger partial charge in [-0.1, -0.05) is 0 Å². The van der Waals surface area contributed by atoms with Crippen LogP contribution in [0, 0.1) is 11.3 Å². The second kappa shape index (κ2) is 2.72. The highest BCUT2D eigenvalue weighted by Crippen LogP contribution is 2.05. The van der Waals surface area contributed by atoms with Crippen molar-refractivity contribution in [1.29, 1.82) is 5.26 Å². The second-order valence-electron chi connectivity index (χ2n) is 1.78. The number of nitriles is 1. The summed E-state index contributed by atoms with van der Waals surface area (Å²) < 4.78 is 25.9. The molecule has 1 aliphatic heterocycles. The lowest BCUT2D eigenvalue weighted by molar-refractivity contribution is 0.525. The van der Waals surface area contributed by atoms with E-state index < -0.39 is 10.2 Å². The largest absolute Gasteiger partial charge is 0.345 e. The summed E-state index contributed by atoms with van der Waals surface area (Å²) in [6.45, 7) is -0.198. The number of hydrogen-bond donors (Lipinski definition) is 0. The van der Waals surface area contributed by atoms with Crippen molar-refractivity contribution in [1.82, 2.24) is 4.31 Å². The smallest absolute Gasteiger partial charge is 0.245 e. The van der Waals surface area contributed by atoms with Crippen LogP contribution in [0.25, 0.3) is 0 Å². The third-order valence-electron chi connectivity index (χ3n) is 1.06. The van der Waals surface area contributed by atoms with Crippen LogP contribution in [0.4, 0.5) is 0 Å². The molecular weight excluding hydrogens is 166 g/mol. The van der Waals surface area contributed by atoms with E-state index in [-0.39, 0.29) is 6.54 Å². The lowest BCUT2D eigenvalue weighted by atomic mass is 10.6. The minimum atomic E-state index is -3.59. The molecule has 0 bridgehead atoms. The predicted octanol–water partition coefficient (Wildman–Crippen LogP) is -0.345. The highest BCUT2D eigenvalue weighted by molar-refractivity contribution is 7.88. The fourth-order valence-corrected chi connectivity index (χ4v) is 1.38. The normalized spacial score (nSPS) is 19.7. The van der Waals surface area contributed by atoms with Gasteiger partial charge in [0.1, 0.15) is 6.54 Å². The summed E-state index contributed by atoms with van der Waals surface area (Å²) in [5.74, 6) is 0. The van der Waals surface area contributed by atoms with Gasteiger partial charge in [0.2, 0.25) is 0 Å². The maximum atomic E-state index is 10.9. The molecule has 0 amide bonds. The minimum absolute atomic E-state index is 0.198. The molecule has 0 unspecified atom stereocenters. The van der Waals surface area contributed by atoms with Gasteiger partial charge in [-0.25, -0.2) is 4.31 Å². The van der Waals surface area contributed by atoms with E-state index in [9.17, 15) is 8.42 Å². The first-order chi connectivity index (χ1) is 5.17. The monoisotopic (exact) mass is 171 g/mol. The average Bonchev–Trinajstić information content (AvgIpc) is 1.94. The molecule has 11 heavy (non-hydrogen) atoms. The Labute approximate surface area is 64.4 Å². The summed E-state index contributed by atoms with van der Waals surface area (Å²) in [4.78, 5) is 0. The third kappa shape index (κ3) is 1.56. The first-order valence-corrected chi connectivity index (χ1v) is 4.17. The molecule has 0 aromatic heterocycles. The van der Waals surface area contributed by atoms with Crippen LogP contribution < -0.4 is 0 Å². The highest BCUT2D eigenvalue weighted by atomic mass is 32.2. The van der Waals surface area contributed by atoms with E-state index in [1.165, 1.54) is 18.5 Å². The number of allylic oxidation sites excluding steroid dienone is 1. The lowest BCUT2D eigenvalue weighted by Crippen LogP contribution is -2.26. The fraction of sp³-hybridized carbons (Fsp3) is 0.200. The Bertz CT molecular complexity index is 335. The highest BCUT2D eigenvalue weighted by Gasteiger charge is 2.17. The van der Waals surface area contributed by atoms with Crippen LogP contribution in [0.3, 0.4) is 0 Å². The van der Waals surface area contributed by atoms with Gasteiger partial charge in [-0.3, -0.25) is 0 Å². The van der Waals surface area contributed by atoms with Crippen molar-refractivity contribution >= 4 is 16.4 Å². The van der Waals surface area contributed by atoms with Crippen LogP contribution >= 0.6 is 0 Å². The maximum absolute atomic E-state index is 10.9. The summed E-state index contributed by atoms with van der Waals surface area (Å²) in [7, 11) is -3.59. The van der Waals surface area contributed by atoms with Crippen molar-refractivity contribution in [2.75, 3.05) is 6.54 Å². The molecule has 1 heterocycles. The molecule has 1 aliphatic rings. The number of hydrogen-bond acceptors (Lipinski definition) is 3. The molecule has 0 aromatic carbocycles. The molecular formula is C5H5N3O2S. The SMILES string of the molecule is N#CCN1C=CC=NS1(=O)=O. The van der Waals surface area contributed by atoms with Gasteiger partial charge in [0, 0.05) is 12.4 Å². The Morgan fingerprint density at radius 1 is 1.64 bits per heavy atom. The lowest BCUT2D eigenvalue weighted by Gasteiger charge is -2.14. The Balaban J connectivity index is 2.92. The molecule has 0 atom stereocenters. The Morgan fingerprint density at radius 2 is 2.36 bits per heavy atom. The van der Waals surface area contributed by atoms with E-state index in [0.29, 0.717) is 0 Å². The van der Waals surface area contributed by atoms with Gasteiger partial charge in [-0.15, -0.1) is 0 Å². The molecule has 0 saturated heterocycles. The summed E-state index contributed by atoms with van der Waals surface area (Å²) in [5, 5.41) is 8.21. The van der Waals surface area contributed by atoms with Crippen LogP contribution in [0.2, 0.25) is 0 Å². The molecule has 1 rings (SSSR count). The van der Waals surface area contributed by atoms with Crippen LogP contribution in [-0.2, 0) is 10.2 Å². The van der Waals surface area contributed by atoms with E-state index in [4.69, 9.17) is 5.26 Å². The maximum Gasteiger partial charge on any atom is 0.345 e. The van der Waals surface area contributed by atoms with Crippen LogP contribution in [0.15, 0.2) is 16.7 Å².